The van der Waals surface area contributed by atoms with Gasteiger partial charge in [-0.3, -0.25) is 5.32 Å². The average Bonchev–Trinajstić information content (AvgIpc) is 2.30. The molecule has 0 radical (unpaired) electrons. The van der Waals surface area contributed by atoms with Gasteiger partial charge in [0.25, 0.3) is 0 Å². The number of hydrogen-bond donors (Lipinski definition) is 3. The van der Waals surface area contributed by atoms with Crippen molar-refractivity contribution in [3.8, 4) is 0 Å². The summed E-state index contributed by atoms with van der Waals surface area (Å²) in [6.45, 7) is 11.6. The second kappa shape index (κ2) is 5.25. The molecular formula is C16H25N3. The van der Waals surface area contributed by atoms with Crippen molar-refractivity contribution in [2.24, 2.45) is 5.92 Å². The molecule has 1 heterocycles. The summed E-state index contributed by atoms with van der Waals surface area (Å²) in [4.78, 5) is 0. The van der Waals surface area contributed by atoms with Gasteiger partial charge in [0.05, 0.1) is 6.67 Å². The number of hydrogen-bond acceptors (Lipinski definition) is 3. The highest BCUT2D eigenvalue weighted by atomic mass is 15.1. The highest BCUT2D eigenvalue weighted by Crippen LogP contribution is 2.27. The Morgan fingerprint density at radius 3 is 2.74 bits per heavy atom. The summed E-state index contributed by atoms with van der Waals surface area (Å²) in [5.41, 5.74) is 5.04. The van der Waals surface area contributed by atoms with Gasteiger partial charge in [-0.25, -0.2) is 0 Å². The quantitative estimate of drug-likeness (QED) is 0.682. The number of fused-ring (bicyclic) bond motifs is 1. The van der Waals surface area contributed by atoms with Crippen molar-refractivity contribution in [3.63, 3.8) is 0 Å². The Bertz CT molecular complexity index is 473. The molecule has 0 amide bonds. The van der Waals surface area contributed by atoms with Crippen LogP contribution in [0.25, 0.3) is 0 Å². The van der Waals surface area contributed by atoms with Gasteiger partial charge in [0, 0.05) is 28.7 Å². The second-order valence-corrected chi connectivity index (χ2v) is 6.34. The molecule has 0 saturated carbocycles. The van der Waals surface area contributed by atoms with Crippen LogP contribution >= 0.6 is 0 Å². The molecule has 0 saturated heterocycles. The van der Waals surface area contributed by atoms with Gasteiger partial charge in [-0.1, -0.05) is 25.2 Å². The molecule has 0 aromatic heterocycles. The summed E-state index contributed by atoms with van der Waals surface area (Å²) in [6, 6.07) is 0. The van der Waals surface area contributed by atoms with E-state index in [-0.39, 0.29) is 5.54 Å². The van der Waals surface area contributed by atoms with E-state index < -0.39 is 0 Å². The van der Waals surface area contributed by atoms with Crippen LogP contribution in [0.2, 0.25) is 0 Å². The Morgan fingerprint density at radius 2 is 2.05 bits per heavy atom. The fourth-order valence-corrected chi connectivity index (χ4v) is 2.19. The number of rotatable bonds is 3. The molecule has 0 aromatic rings. The maximum atomic E-state index is 3.51. The monoisotopic (exact) mass is 259 g/mol. The largest absolute Gasteiger partial charge is 0.372 e. The van der Waals surface area contributed by atoms with Crippen LogP contribution < -0.4 is 16.0 Å². The molecule has 3 heteroatoms. The molecule has 1 atom stereocenters. The summed E-state index contributed by atoms with van der Waals surface area (Å²) in [5.74, 6) is 0.493. The van der Waals surface area contributed by atoms with Crippen molar-refractivity contribution in [2.75, 3.05) is 6.67 Å². The molecule has 1 unspecified atom stereocenters. The maximum absolute atomic E-state index is 3.51. The van der Waals surface area contributed by atoms with E-state index in [4.69, 9.17) is 0 Å². The van der Waals surface area contributed by atoms with E-state index in [2.05, 4.69) is 75.0 Å². The van der Waals surface area contributed by atoms with Gasteiger partial charge < -0.3 is 10.6 Å². The summed E-state index contributed by atoms with van der Waals surface area (Å²) in [7, 11) is 0. The van der Waals surface area contributed by atoms with E-state index >= 15 is 0 Å². The van der Waals surface area contributed by atoms with Crippen LogP contribution in [-0.2, 0) is 0 Å². The van der Waals surface area contributed by atoms with Gasteiger partial charge in [0.15, 0.2) is 0 Å². The molecule has 3 nitrogen and oxygen atoms in total. The third-order valence-electron chi connectivity index (χ3n) is 3.28. The lowest BCUT2D eigenvalue weighted by atomic mass is 9.93. The number of dihydropyridines is 1. The average molecular weight is 259 g/mol. The minimum absolute atomic E-state index is 0.123. The second-order valence-electron chi connectivity index (χ2n) is 6.34. The summed E-state index contributed by atoms with van der Waals surface area (Å²) in [5, 5.41) is 10.3. The number of nitrogens with one attached hydrogen (secondary N) is 3. The van der Waals surface area contributed by atoms with Crippen LogP contribution in [0.15, 0.2) is 47.0 Å². The van der Waals surface area contributed by atoms with Crippen molar-refractivity contribution < 1.29 is 0 Å². The Kier molecular flexibility index (Phi) is 3.85. The van der Waals surface area contributed by atoms with Crippen molar-refractivity contribution in [3.05, 3.63) is 47.0 Å². The third kappa shape index (κ3) is 3.51. The van der Waals surface area contributed by atoms with Gasteiger partial charge in [0.2, 0.25) is 0 Å². The predicted octanol–water partition coefficient (Wildman–Crippen LogP) is 2.77. The van der Waals surface area contributed by atoms with Crippen LogP contribution in [0.5, 0.6) is 0 Å². The van der Waals surface area contributed by atoms with Crippen LogP contribution in [0, 0.1) is 5.92 Å². The van der Waals surface area contributed by atoms with Gasteiger partial charge in [-0.2, -0.15) is 0 Å². The SMILES string of the molecule is CC1=CNC2=CC(C)C=CC2=C1NCNC(C)(C)C. The zero-order chi connectivity index (χ0) is 14.0. The molecule has 104 valence electrons. The Hall–Kier alpha value is -1.48. The van der Waals surface area contributed by atoms with Crippen molar-refractivity contribution in [2.45, 2.75) is 40.2 Å². The fraction of sp³-hybridized carbons (Fsp3) is 0.500. The van der Waals surface area contributed by atoms with Crippen LogP contribution in [0.3, 0.4) is 0 Å². The highest BCUT2D eigenvalue weighted by Gasteiger charge is 2.19. The van der Waals surface area contributed by atoms with Gasteiger partial charge >= 0.3 is 0 Å². The lowest BCUT2D eigenvalue weighted by Crippen LogP contribution is -2.42. The zero-order valence-corrected chi connectivity index (χ0v) is 12.6. The Balaban J connectivity index is 2.14. The smallest absolute Gasteiger partial charge is 0.0657 e. The lowest BCUT2D eigenvalue weighted by Gasteiger charge is -2.28. The third-order valence-corrected chi connectivity index (χ3v) is 3.28. The van der Waals surface area contributed by atoms with Gasteiger partial charge in [-0.05, 0) is 39.2 Å². The molecule has 19 heavy (non-hydrogen) atoms. The minimum Gasteiger partial charge on any atom is -0.372 e. The minimum atomic E-state index is 0.123. The van der Waals surface area contributed by atoms with Crippen LogP contribution in [0.1, 0.15) is 34.6 Å². The van der Waals surface area contributed by atoms with Crippen molar-refractivity contribution >= 4 is 0 Å². The maximum Gasteiger partial charge on any atom is 0.0657 e. The van der Waals surface area contributed by atoms with E-state index in [0.717, 1.165) is 6.67 Å². The molecule has 0 bridgehead atoms. The van der Waals surface area contributed by atoms with Gasteiger partial charge in [0.1, 0.15) is 0 Å². The Labute approximate surface area is 116 Å². The van der Waals surface area contributed by atoms with Crippen molar-refractivity contribution in [1.29, 1.82) is 0 Å². The normalized spacial score (nSPS) is 22.5. The van der Waals surface area contributed by atoms with Crippen LogP contribution in [-0.4, -0.2) is 12.2 Å². The van der Waals surface area contributed by atoms with Gasteiger partial charge in [-0.15, -0.1) is 0 Å². The molecule has 0 aromatic carbocycles. The standard InChI is InChI=1S/C16H25N3/c1-11-6-7-13-14(8-11)17-9-12(2)15(13)18-10-19-16(3,4)5/h6-9,11,17-19H,10H2,1-5H3. The van der Waals surface area contributed by atoms with E-state index in [1.54, 1.807) is 0 Å². The van der Waals surface area contributed by atoms with E-state index in [9.17, 15) is 0 Å². The molecule has 0 spiro atoms. The molecule has 1 aliphatic heterocycles. The summed E-state index contributed by atoms with van der Waals surface area (Å²) in [6.07, 6.45) is 8.78. The lowest BCUT2D eigenvalue weighted by molar-refractivity contribution is 0.415. The Morgan fingerprint density at radius 1 is 1.32 bits per heavy atom. The first-order valence-electron chi connectivity index (χ1n) is 6.94. The molecule has 2 rings (SSSR count). The highest BCUT2D eigenvalue weighted by molar-refractivity contribution is 5.54. The molecule has 0 fully saturated rings. The first-order valence-corrected chi connectivity index (χ1v) is 6.94. The van der Waals surface area contributed by atoms with Crippen LogP contribution in [0.4, 0.5) is 0 Å². The molecule has 3 N–H and O–H groups in total. The first kappa shape index (κ1) is 13.9. The zero-order valence-electron chi connectivity index (χ0n) is 12.6. The topological polar surface area (TPSA) is 36.1 Å². The fourth-order valence-electron chi connectivity index (χ4n) is 2.19. The van der Waals surface area contributed by atoms with E-state index in [0.29, 0.717) is 5.92 Å². The van der Waals surface area contributed by atoms with E-state index in [1.165, 1.54) is 22.5 Å². The summed E-state index contributed by atoms with van der Waals surface area (Å²) < 4.78 is 0. The molecular weight excluding hydrogens is 234 g/mol. The molecule has 1 aliphatic carbocycles. The van der Waals surface area contributed by atoms with Crippen molar-refractivity contribution in [1.82, 2.24) is 16.0 Å². The molecule has 2 aliphatic rings. The van der Waals surface area contributed by atoms with E-state index in [1.807, 2.05) is 0 Å². The number of allylic oxidation sites excluding steroid dienone is 4. The summed E-state index contributed by atoms with van der Waals surface area (Å²) >= 11 is 0. The first-order chi connectivity index (χ1) is 8.87. The predicted molar refractivity (Wildman–Crippen MR) is 81.2 cm³/mol.